The van der Waals surface area contributed by atoms with E-state index in [1.807, 2.05) is 7.05 Å². The van der Waals surface area contributed by atoms with Crippen LogP contribution in [0, 0.1) is 0 Å². The lowest BCUT2D eigenvalue weighted by atomic mass is 10.3. The molecule has 0 radical (unpaired) electrons. The van der Waals surface area contributed by atoms with Crippen LogP contribution in [-0.4, -0.2) is 33.7 Å². The Morgan fingerprint density at radius 2 is 2.06 bits per heavy atom. The van der Waals surface area contributed by atoms with E-state index < -0.39 is 0 Å². The zero-order chi connectivity index (χ0) is 11.5. The fourth-order valence-electron chi connectivity index (χ4n) is 1.48. The molecule has 0 saturated heterocycles. The highest BCUT2D eigenvalue weighted by Crippen LogP contribution is 2.30. The number of imidazole rings is 1. The number of hydrogen-bond acceptors (Lipinski definition) is 5. The standard InChI is InChI=1S/C10H12N4O2/c1-14-9(15-2)8(13-10(14)16-3)7-4-5-11-6-12-7/h4-6H,1-3H3. The van der Waals surface area contributed by atoms with Crippen molar-refractivity contribution in [1.82, 2.24) is 19.5 Å². The molecule has 6 nitrogen and oxygen atoms in total. The van der Waals surface area contributed by atoms with Crippen molar-refractivity contribution < 1.29 is 9.47 Å². The van der Waals surface area contributed by atoms with Crippen molar-refractivity contribution in [3.8, 4) is 23.3 Å². The van der Waals surface area contributed by atoms with Gasteiger partial charge < -0.3 is 9.47 Å². The van der Waals surface area contributed by atoms with Crippen LogP contribution in [0.2, 0.25) is 0 Å². The van der Waals surface area contributed by atoms with Crippen LogP contribution in [0.15, 0.2) is 18.6 Å². The van der Waals surface area contributed by atoms with Crippen LogP contribution in [0.5, 0.6) is 11.9 Å². The number of methoxy groups -OCH3 is 2. The molecule has 0 aliphatic rings. The molecule has 2 heterocycles. The van der Waals surface area contributed by atoms with Gasteiger partial charge in [-0.05, 0) is 6.07 Å². The van der Waals surface area contributed by atoms with E-state index in [0.29, 0.717) is 23.3 Å². The summed E-state index contributed by atoms with van der Waals surface area (Å²) in [6, 6.07) is 2.25. The zero-order valence-electron chi connectivity index (χ0n) is 9.34. The monoisotopic (exact) mass is 220 g/mol. The molecule has 0 bridgehead atoms. The molecule has 2 rings (SSSR count). The Balaban J connectivity index is 2.57. The van der Waals surface area contributed by atoms with Crippen LogP contribution in [-0.2, 0) is 7.05 Å². The van der Waals surface area contributed by atoms with Gasteiger partial charge in [-0.3, -0.25) is 4.57 Å². The second kappa shape index (κ2) is 4.18. The zero-order valence-corrected chi connectivity index (χ0v) is 9.34. The summed E-state index contributed by atoms with van der Waals surface area (Å²) < 4.78 is 12.1. The fourth-order valence-corrected chi connectivity index (χ4v) is 1.48. The first-order chi connectivity index (χ1) is 7.77. The molecular formula is C10H12N4O2. The van der Waals surface area contributed by atoms with E-state index in [0.717, 1.165) is 0 Å². The molecule has 16 heavy (non-hydrogen) atoms. The molecule has 84 valence electrons. The quantitative estimate of drug-likeness (QED) is 0.768. The Kier molecular flexibility index (Phi) is 2.72. The molecule has 0 saturated carbocycles. The first-order valence-corrected chi connectivity index (χ1v) is 4.69. The van der Waals surface area contributed by atoms with E-state index in [1.165, 1.54) is 6.33 Å². The molecule has 0 N–H and O–H groups in total. The number of hydrogen-bond donors (Lipinski definition) is 0. The van der Waals surface area contributed by atoms with Gasteiger partial charge >= 0.3 is 0 Å². The molecule has 0 aliphatic heterocycles. The van der Waals surface area contributed by atoms with Gasteiger partial charge in [-0.15, -0.1) is 0 Å². The van der Waals surface area contributed by atoms with Gasteiger partial charge in [0.1, 0.15) is 6.33 Å². The lowest BCUT2D eigenvalue weighted by molar-refractivity contribution is 0.339. The average Bonchev–Trinajstić information content (AvgIpc) is 2.66. The van der Waals surface area contributed by atoms with Crippen LogP contribution in [0.1, 0.15) is 0 Å². The summed E-state index contributed by atoms with van der Waals surface area (Å²) in [5, 5.41) is 0. The summed E-state index contributed by atoms with van der Waals surface area (Å²) in [4.78, 5) is 12.3. The molecule has 0 amide bonds. The van der Waals surface area contributed by atoms with E-state index in [4.69, 9.17) is 9.47 Å². The van der Waals surface area contributed by atoms with Gasteiger partial charge in [0.25, 0.3) is 6.01 Å². The van der Waals surface area contributed by atoms with Gasteiger partial charge in [-0.1, -0.05) is 0 Å². The normalized spacial score (nSPS) is 10.2. The Morgan fingerprint density at radius 1 is 1.25 bits per heavy atom. The Hall–Kier alpha value is -2.11. The van der Waals surface area contributed by atoms with E-state index in [9.17, 15) is 0 Å². The highest BCUT2D eigenvalue weighted by Gasteiger charge is 2.18. The molecule has 0 aliphatic carbocycles. The fraction of sp³-hybridized carbons (Fsp3) is 0.300. The van der Waals surface area contributed by atoms with Gasteiger partial charge in [0.2, 0.25) is 5.88 Å². The lowest BCUT2D eigenvalue weighted by Gasteiger charge is -2.03. The predicted molar refractivity (Wildman–Crippen MR) is 57.3 cm³/mol. The SMILES string of the molecule is COc1nc(-c2ccncn2)c(OC)n1C. The molecule has 0 spiro atoms. The van der Waals surface area contributed by atoms with Crippen LogP contribution in [0.3, 0.4) is 0 Å². The van der Waals surface area contributed by atoms with Gasteiger partial charge in [-0.2, -0.15) is 4.98 Å². The maximum Gasteiger partial charge on any atom is 0.299 e. The van der Waals surface area contributed by atoms with Crippen molar-refractivity contribution >= 4 is 0 Å². The predicted octanol–water partition coefficient (Wildman–Crippen LogP) is 0.894. The minimum absolute atomic E-state index is 0.477. The molecule has 0 aromatic carbocycles. The van der Waals surface area contributed by atoms with E-state index in [1.54, 1.807) is 31.0 Å². The van der Waals surface area contributed by atoms with Crippen LogP contribution in [0.4, 0.5) is 0 Å². The highest BCUT2D eigenvalue weighted by atomic mass is 16.5. The summed E-state index contributed by atoms with van der Waals surface area (Å²) >= 11 is 0. The summed E-state index contributed by atoms with van der Waals surface area (Å²) in [5.74, 6) is 0.607. The summed E-state index contributed by atoms with van der Waals surface area (Å²) in [6.45, 7) is 0. The van der Waals surface area contributed by atoms with E-state index in [-0.39, 0.29) is 0 Å². The number of ether oxygens (including phenoxy) is 2. The molecule has 0 fully saturated rings. The van der Waals surface area contributed by atoms with Crippen molar-refractivity contribution in [3.05, 3.63) is 18.6 Å². The van der Waals surface area contributed by atoms with Crippen molar-refractivity contribution in [2.75, 3.05) is 14.2 Å². The molecule has 2 aromatic rings. The molecule has 2 aromatic heterocycles. The number of nitrogens with zero attached hydrogens (tertiary/aromatic N) is 4. The summed E-state index contributed by atoms with van der Waals surface area (Å²) in [6.07, 6.45) is 3.12. The number of rotatable bonds is 3. The second-order valence-corrected chi connectivity index (χ2v) is 3.11. The maximum absolute atomic E-state index is 5.27. The van der Waals surface area contributed by atoms with Crippen molar-refractivity contribution in [3.63, 3.8) is 0 Å². The van der Waals surface area contributed by atoms with Gasteiger partial charge in [0.05, 0.1) is 19.9 Å². The van der Waals surface area contributed by atoms with E-state index >= 15 is 0 Å². The minimum atomic E-state index is 0.477. The Bertz CT molecular complexity index is 481. The average molecular weight is 220 g/mol. The van der Waals surface area contributed by atoms with Crippen molar-refractivity contribution in [2.45, 2.75) is 0 Å². The third kappa shape index (κ3) is 1.58. The first-order valence-electron chi connectivity index (χ1n) is 4.69. The Morgan fingerprint density at radius 3 is 2.62 bits per heavy atom. The number of aromatic nitrogens is 4. The third-order valence-electron chi connectivity index (χ3n) is 2.20. The lowest BCUT2D eigenvalue weighted by Crippen LogP contribution is -1.97. The molecule has 6 heteroatoms. The first kappa shape index (κ1) is 10.4. The van der Waals surface area contributed by atoms with E-state index in [2.05, 4.69) is 15.0 Å². The van der Waals surface area contributed by atoms with Crippen molar-refractivity contribution in [2.24, 2.45) is 7.05 Å². The summed E-state index contributed by atoms with van der Waals surface area (Å²) in [7, 11) is 4.96. The minimum Gasteiger partial charge on any atom is -0.480 e. The maximum atomic E-state index is 5.27. The molecule has 0 unspecified atom stereocenters. The smallest absolute Gasteiger partial charge is 0.299 e. The second-order valence-electron chi connectivity index (χ2n) is 3.11. The molecular weight excluding hydrogens is 208 g/mol. The third-order valence-corrected chi connectivity index (χ3v) is 2.20. The largest absolute Gasteiger partial charge is 0.480 e. The topological polar surface area (TPSA) is 62.1 Å². The highest BCUT2D eigenvalue weighted by molar-refractivity contribution is 5.61. The van der Waals surface area contributed by atoms with Gasteiger partial charge in [0, 0.05) is 13.2 Å². The molecule has 0 atom stereocenters. The summed E-state index contributed by atoms with van der Waals surface area (Å²) in [5.41, 5.74) is 1.34. The van der Waals surface area contributed by atoms with Gasteiger partial charge in [-0.25, -0.2) is 9.97 Å². The van der Waals surface area contributed by atoms with Crippen LogP contribution < -0.4 is 9.47 Å². The van der Waals surface area contributed by atoms with Crippen LogP contribution in [0.25, 0.3) is 11.4 Å². The Labute approximate surface area is 92.9 Å². The van der Waals surface area contributed by atoms with Crippen LogP contribution >= 0.6 is 0 Å². The van der Waals surface area contributed by atoms with Gasteiger partial charge in [0.15, 0.2) is 5.69 Å². The van der Waals surface area contributed by atoms with Crippen molar-refractivity contribution in [1.29, 1.82) is 0 Å².